The van der Waals surface area contributed by atoms with Crippen LogP contribution in [0.5, 0.6) is 0 Å². The van der Waals surface area contributed by atoms with Crippen molar-refractivity contribution in [1.82, 2.24) is 9.84 Å². The van der Waals surface area contributed by atoms with Gasteiger partial charge in [0.1, 0.15) is 17.6 Å². The molecule has 0 aromatic heterocycles. The fraction of sp³-hybridized carbons (Fsp3) is 0.579. The first-order chi connectivity index (χ1) is 15.1. The van der Waals surface area contributed by atoms with Crippen molar-refractivity contribution >= 4 is 33.3 Å². The van der Waals surface area contributed by atoms with E-state index in [4.69, 9.17) is 9.84 Å². The van der Waals surface area contributed by atoms with Crippen LogP contribution in [0.2, 0.25) is 0 Å². The van der Waals surface area contributed by atoms with E-state index in [9.17, 15) is 26.8 Å². The zero-order valence-corrected chi connectivity index (χ0v) is 18.4. The van der Waals surface area contributed by atoms with E-state index in [1.165, 1.54) is 11.8 Å². The van der Waals surface area contributed by atoms with Crippen molar-refractivity contribution < 1.29 is 36.6 Å². The molecule has 0 unspecified atom stereocenters. The Morgan fingerprint density at radius 1 is 1.25 bits per heavy atom. The number of ketones is 1. The van der Waals surface area contributed by atoms with Crippen LogP contribution in [-0.4, -0.2) is 81.0 Å². The summed E-state index contributed by atoms with van der Waals surface area (Å²) < 4.78 is 60.2. The number of hydrogen-bond acceptors (Lipinski definition) is 8. The van der Waals surface area contributed by atoms with Crippen molar-refractivity contribution in [2.45, 2.75) is 25.9 Å². The molecule has 0 saturated carbocycles. The number of nitrogens with zero attached hydrogens (tertiary/aromatic N) is 3. The number of benzene rings is 1. The van der Waals surface area contributed by atoms with Crippen LogP contribution in [0.3, 0.4) is 0 Å². The van der Waals surface area contributed by atoms with Crippen molar-refractivity contribution in [3.05, 3.63) is 23.8 Å². The number of hydrazine groups is 1. The molecule has 1 atom stereocenters. The van der Waals surface area contributed by atoms with E-state index in [1.54, 1.807) is 0 Å². The monoisotopic (exact) mass is 476 g/mol. The first-order valence-corrected chi connectivity index (χ1v) is 11.8. The molecule has 0 radical (unpaired) electrons. The highest BCUT2D eigenvalue weighted by atomic mass is 32.2. The highest BCUT2D eigenvalue weighted by Crippen LogP contribution is 2.31. The van der Waals surface area contributed by atoms with Crippen LogP contribution in [0.25, 0.3) is 0 Å². The van der Waals surface area contributed by atoms with Gasteiger partial charge in [-0.15, -0.1) is 4.41 Å². The lowest BCUT2D eigenvalue weighted by molar-refractivity contribution is -0.117. The second-order valence-electron chi connectivity index (χ2n) is 7.62. The number of carbonyl (C=O) groups is 2. The largest absolute Gasteiger partial charge is 0.444 e. The zero-order valence-electron chi connectivity index (χ0n) is 17.6. The van der Waals surface area contributed by atoms with E-state index in [2.05, 4.69) is 5.43 Å². The Bertz CT molecular complexity index is 954. The predicted octanol–water partition coefficient (Wildman–Crippen LogP) is 0.608. The van der Waals surface area contributed by atoms with Gasteiger partial charge in [0.15, 0.2) is 11.6 Å². The maximum absolute atomic E-state index is 14.9. The number of ether oxygens (including phenoxy) is 1. The average molecular weight is 477 g/mol. The molecule has 2 aliphatic rings. The Balaban J connectivity index is 1.74. The number of cyclic esters (lactones) is 1. The molecule has 0 spiro atoms. The minimum atomic E-state index is -3.74. The number of halogens is 2. The van der Waals surface area contributed by atoms with Gasteiger partial charge in [-0.3, -0.25) is 4.90 Å². The molecule has 2 fully saturated rings. The van der Waals surface area contributed by atoms with Gasteiger partial charge in [0.2, 0.25) is 10.0 Å². The molecular weight excluding hydrogens is 450 g/mol. The number of rotatable bonds is 8. The third-order valence-corrected chi connectivity index (χ3v) is 6.93. The Kier molecular flexibility index (Phi) is 7.64. The van der Waals surface area contributed by atoms with Gasteiger partial charge in [-0.1, -0.05) is 0 Å². The highest BCUT2D eigenvalue weighted by Gasteiger charge is 2.34. The smallest absolute Gasteiger partial charge is 0.414 e. The SMILES string of the molecule is CC(=O)CC[C@H]1CN(c2cc(F)c(N3CCNN(S(=O)(=O)CCO)CC3)c(F)c2)C(=O)O1. The van der Waals surface area contributed by atoms with Crippen molar-refractivity contribution in [3.63, 3.8) is 0 Å². The van der Waals surface area contributed by atoms with Gasteiger partial charge in [0, 0.05) is 44.7 Å². The van der Waals surface area contributed by atoms with Crippen molar-refractivity contribution in [1.29, 1.82) is 0 Å². The highest BCUT2D eigenvalue weighted by molar-refractivity contribution is 7.89. The molecule has 1 aromatic rings. The van der Waals surface area contributed by atoms with Gasteiger partial charge in [-0.25, -0.2) is 27.4 Å². The summed E-state index contributed by atoms with van der Waals surface area (Å²) >= 11 is 0. The third kappa shape index (κ3) is 5.52. The second-order valence-corrected chi connectivity index (χ2v) is 9.63. The number of carbonyl (C=O) groups excluding carboxylic acids is 2. The van der Waals surface area contributed by atoms with Crippen LogP contribution < -0.4 is 15.2 Å². The Morgan fingerprint density at radius 2 is 1.94 bits per heavy atom. The standard InChI is InChI=1S/C19H26F2N4O6S/c1-13(27)2-3-15-12-24(19(28)31-15)14-10-16(20)18(17(21)11-14)23-5-4-22-25(7-6-23)32(29,30)9-8-26/h10-11,15,22,26H,2-9,12H2,1H3/t15-/m0/s1. The predicted molar refractivity (Wildman–Crippen MR) is 112 cm³/mol. The number of anilines is 2. The molecule has 32 heavy (non-hydrogen) atoms. The number of sulfonamides is 1. The number of aliphatic hydroxyl groups is 1. The van der Waals surface area contributed by atoms with E-state index in [0.717, 1.165) is 21.4 Å². The third-order valence-electron chi connectivity index (χ3n) is 5.25. The van der Waals surface area contributed by atoms with Crippen molar-refractivity contribution in [2.75, 3.05) is 54.9 Å². The van der Waals surface area contributed by atoms with Gasteiger partial charge in [-0.05, 0) is 13.3 Å². The molecule has 178 valence electrons. The summed E-state index contributed by atoms with van der Waals surface area (Å²) in [5.74, 6) is -2.30. The first-order valence-electron chi connectivity index (χ1n) is 10.2. The number of Topliss-reactive ketones (excluding diaryl/α,β-unsaturated/α-hetero) is 1. The molecule has 13 heteroatoms. The second kappa shape index (κ2) is 10.1. The Hall–Kier alpha value is -2.35. The number of nitrogens with one attached hydrogen (secondary N) is 1. The summed E-state index contributed by atoms with van der Waals surface area (Å²) in [5, 5.41) is 8.92. The van der Waals surface area contributed by atoms with Crippen LogP contribution in [0.4, 0.5) is 25.0 Å². The van der Waals surface area contributed by atoms with Crippen molar-refractivity contribution in [2.24, 2.45) is 0 Å². The van der Waals surface area contributed by atoms with E-state index < -0.39 is 46.2 Å². The first kappa shape index (κ1) is 24.3. The van der Waals surface area contributed by atoms with Gasteiger partial charge < -0.3 is 19.5 Å². The lowest BCUT2D eigenvalue weighted by Crippen LogP contribution is -2.45. The molecule has 3 rings (SSSR count). The summed E-state index contributed by atoms with van der Waals surface area (Å²) in [6, 6.07) is 2.07. The van der Waals surface area contributed by atoms with E-state index in [-0.39, 0.29) is 56.3 Å². The number of amides is 1. The van der Waals surface area contributed by atoms with E-state index in [1.807, 2.05) is 0 Å². The molecule has 10 nitrogen and oxygen atoms in total. The Labute approximate surface area is 184 Å². The summed E-state index contributed by atoms with van der Waals surface area (Å²) in [7, 11) is -3.74. The summed E-state index contributed by atoms with van der Waals surface area (Å²) in [5.41, 5.74) is 2.36. The van der Waals surface area contributed by atoms with Gasteiger partial charge in [-0.2, -0.15) is 0 Å². The van der Waals surface area contributed by atoms with Crippen LogP contribution in [-0.2, 0) is 19.6 Å². The van der Waals surface area contributed by atoms with Crippen LogP contribution >= 0.6 is 0 Å². The molecule has 2 N–H and O–H groups in total. The molecule has 0 aliphatic carbocycles. The average Bonchev–Trinajstić information content (AvgIpc) is 2.91. The normalized spacial score (nSPS) is 20.4. The van der Waals surface area contributed by atoms with E-state index in [0.29, 0.717) is 6.42 Å². The lowest BCUT2D eigenvalue weighted by atomic mass is 10.1. The quantitative estimate of drug-likeness (QED) is 0.560. The zero-order chi connectivity index (χ0) is 23.5. The summed E-state index contributed by atoms with van der Waals surface area (Å²) in [4.78, 5) is 25.8. The van der Waals surface area contributed by atoms with E-state index >= 15 is 0 Å². The lowest BCUT2D eigenvalue weighted by Gasteiger charge is -2.25. The molecule has 2 saturated heterocycles. The number of hydrogen-bond donors (Lipinski definition) is 2. The molecule has 1 amide bonds. The summed E-state index contributed by atoms with van der Waals surface area (Å²) in [6.45, 7) is 1.17. The fourth-order valence-corrected chi connectivity index (χ4v) is 4.75. The van der Waals surface area contributed by atoms with Crippen molar-refractivity contribution in [3.8, 4) is 0 Å². The molecule has 1 aromatic carbocycles. The molecular formula is C19H26F2N4O6S. The topological polar surface area (TPSA) is 119 Å². The molecule has 2 aliphatic heterocycles. The minimum Gasteiger partial charge on any atom is -0.444 e. The van der Waals surface area contributed by atoms with Gasteiger partial charge >= 0.3 is 6.09 Å². The van der Waals surface area contributed by atoms with Crippen LogP contribution in [0, 0.1) is 11.6 Å². The van der Waals surface area contributed by atoms with Gasteiger partial charge in [0.25, 0.3) is 0 Å². The maximum Gasteiger partial charge on any atom is 0.414 e. The Morgan fingerprint density at radius 3 is 2.56 bits per heavy atom. The van der Waals surface area contributed by atoms with Gasteiger partial charge in [0.05, 0.1) is 24.6 Å². The minimum absolute atomic E-state index is 0.000767. The molecule has 0 bridgehead atoms. The van der Waals surface area contributed by atoms with Crippen LogP contribution in [0.1, 0.15) is 19.8 Å². The summed E-state index contributed by atoms with van der Waals surface area (Å²) in [6.07, 6.45) is -0.715. The maximum atomic E-state index is 14.9. The molecule has 2 heterocycles. The van der Waals surface area contributed by atoms with Crippen LogP contribution in [0.15, 0.2) is 12.1 Å². The fourth-order valence-electron chi connectivity index (χ4n) is 3.66. The number of aliphatic hydroxyl groups excluding tert-OH is 1.